The number of aryl methyl sites for hydroxylation is 2. The first-order valence-corrected chi connectivity index (χ1v) is 16.0. The molecule has 0 saturated heterocycles. The van der Waals surface area contributed by atoms with Gasteiger partial charge in [0.15, 0.2) is 11.4 Å². The van der Waals surface area contributed by atoms with E-state index in [1.165, 1.54) is 56.6 Å². The number of aromatic nitrogens is 4. The smallest absolute Gasteiger partial charge is 0.383 e. The van der Waals surface area contributed by atoms with Gasteiger partial charge in [-0.25, -0.2) is 23.7 Å². The summed E-state index contributed by atoms with van der Waals surface area (Å²) in [6.45, 7) is 3.03. The van der Waals surface area contributed by atoms with Crippen molar-refractivity contribution in [3.63, 3.8) is 0 Å². The Balaban J connectivity index is 0.000000221. The Morgan fingerprint density at radius 3 is 2.00 bits per heavy atom. The standard InChI is InChI=1S/C16H11F4N3OS.C16H14F4N2OS/c1-9-5-11(17)12(6-13(9)25-7-16(18,19)20)23-8-22-14-10(15(23)24)3-2-4-21-14;1-9-5-12(17)10(7-14(9)24-8-16(18,19)20)6-13(23)11-3-2-4-22-15(11)21/h2-6,8H,7H2,1H3;2-5,7H,6,8H2,1H3,(H2,21,22). The molecule has 2 aromatic carbocycles. The number of hydrogen-bond donors (Lipinski definition) is 1. The number of nitrogens with zero attached hydrogens (tertiary/aromatic N) is 4. The van der Waals surface area contributed by atoms with E-state index in [0.29, 0.717) is 34.7 Å². The topological polar surface area (TPSA) is 104 Å². The van der Waals surface area contributed by atoms with Crippen LogP contribution in [0.4, 0.5) is 40.9 Å². The number of pyridine rings is 2. The second-order valence-corrected chi connectivity index (χ2v) is 12.5. The molecule has 258 valence electrons. The minimum absolute atomic E-state index is 0.0264. The maximum Gasteiger partial charge on any atom is 0.398 e. The molecule has 5 aromatic rings. The summed E-state index contributed by atoms with van der Waals surface area (Å²) >= 11 is 1.10. The van der Waals surface area contributed by atoms with Crippen molar-refractivity contribution in [1.82, 2.24) is 19.5 Å². The summed E-state index contributed by atoms with van der Waals surface area (Å²) in [4.78, 5) is 37.0. The molecule has 3 aromatic heterocycles. The van der Waals surface area contributed by atoms with Crippen molar-refractivity contribution >= 4 is 46.2 Å². The molecule has 5 rings (SSSR count). The number of nitrogens with two attached hydrogens (primary N) is 1. The number of rotatable bonds is 8. The van der Waals surface area contributed by atoms with Crippen molar-refractivity contribution in [3.8, 4) is 5.69 Å². The zero-order valence-corrected chi connectivity index (χ0v) is 27.1. The third-order valence-electron chi connectivity index (χ3n) is 6.65. The molecule has 0 aliphatic carbocycles. The molecule has 17 heteroatoms. The highest BCUT2D eigenvalue weighted by atomic mass is 32.2. The maximum atomic E-state index is 14.3. The Morgan fingerprint density at radius 2 is 1.39 bits per heavy atom. The fourth-order valence-electron chi connectivity index (χ4n) is 4.34. The van der Waals surface area contributed by atoms with Gasteiger partial charge in [0.2, 0.25) is 0 Å². The maximum absolute atomic E-state index is 14.3. The predicted molar refractivity (Wildman–Crippen MR) is 171 cm³/mol. The number of carbonyl (C=O) groups excluding carboxylic acids is 1. The molecule has 7 nitrogen and oxygen atoms in total. The highest BCUT2D eigenvalue weighted by molar-refractivity contribution is 7.99. The minimum Gasteiger partial charge on any atom is -0.383 e. The average Bonchev–Trinajstić information content (AvgIpc) is 3.01. The number of alkyl halides is 6. The van der Waals surface area contributed by atoms with Crippen molar-refractivity contribution in [3.05, 3.63) is 111 Å². The largest absolute Gasteiger partial charge is 0.398 e. The molecule has 2 N–H and O–H groups in total. The summed E-state index contributed by atoms with van der Waals surface area (Å²) in [5.41, 5.74) is 6.05. The van der Waals surface area contributed by atoms with Gasteiger partial charge in [0, 0.05) is 28.6 Å². The number of thioether (sulfide) groups is 2. The third kappa shape index (κ3) is 10.0. The summed E-state index contributed by atoms with van der Waals surface area (Å²) < 4.78 is 104. The summed E-state index contributed by atoms with van der Waals surface area (Å²) in [5, 5.41) is 0.189. The van der Waals surface area contributed by atoms with Gasteiger partial charge in [-0.15, -0.1) is 23.5 Å². The van der Waals surface area contributed by atoms with Gasteiger partial charge in [-0.1, -0.05) is 0 Å². The van der Waals surface area contributed by atoms with Crippen LogP contribution in [0.15, 0.2) is 81.8 Å². The first-order chi connectivity index (χ1) is 22.9. The number of hydrogen-bond acceptors (Lipinski definition) is 8. The Hall–Kier alpha value is -4.51. The van der Waals surface area contributed by atoms with Crippen LogP contribution in [-0.4, -0.2) is 49.2 Å². The van der Waals surface area contributed by atoms with Crippen molar-refractivity contribution in [1.29, 1.82) is 0 Å². The number of halogens is 8. The van der Waals surface area contributed by atoms with Crippen molar-refractivity contribution in [2.75, 3.05) is 17.2 Å². The van der Waals surface area contributed by atoms with Gasteiger partial charge < -0.3 is 5.73 Å². The third-order valence-corrected chi connectivity index (χ3v) is 9.10. The van der Waals surface area contributed by atoms with E-state index < -0.39 is 46.8 Å². The summed E-state index contributed by atoms with van der Waals surface area (Å²) in [5.74, 6) is -3.96. The van der Waals surface area contributed by atoms with Gasteiger partial charge in [-0.2, -0.15) is 26.3 Å². The highest BCUT2D eigenvalue weighted by Gasteiger charge is 2.29. The average molecular weight is 728 g/mol. The Bertz CT molecular complexity index is 2050. The van der Waals surface area contributed by atoms with Crippen LogP contribution in [0.3, 0.4) is 0 Å². The number of fused-ring (bicyclic) bond motifs is 1. The van der Waals surface area contributed by atoms with Crippen LogP contribution in [0.25, 0.3) is 16.7 Å². The number of ketones is 1. The fraction of sp³-hybridized carbons (Fsp3) is 0.219. The molecule has 0 fully saturated rings. The SMILES string of the molecule is Cc1cc(F)c(-n2cnc3ncccc3c2=O)cc1SCC(F)(F)F.Cc1cc(F)c(CC(=O)c2cccnc2N)cc1SCC(F)(F)F. The second-order valence-electron chi connectivity index (χ2n) is 10.4. The fourth-order valence-corrected chi connectivity index (χ4v) is 5.97. The number of nitrogen functional groups attached to an aromatic ring is 1. The molecule has 49 heavy (non-hydrogen) atoms. The first-order valence-electron chi connectivity index (χ1n) is 14.0. The molecule has 0 bridgehead atoms. The molecule has 0 spiro atoms. The van der Waals surface area contributed by atoms with Crippen LogP contribution < -0.4 is 11.3 Å². The van der Waals surface area contributed by atoms with Crippen molar-refractivity contribution < 1.29 is 39.9 Å². The van der Waals surface area contributed by atoms with E-state index in [0.717, 1.165) is 23.0 Å². The van der Waals surface area contributed by atoms with Crippen LogP contribution in [-0.2, 0) is 6.42 Å². The lowest BCUT2D eigenvalue weighted by atomic mass is 10.0. The zero-order chi connectivity index (χ0) is 36.1. The number of Topliss-reactive ketones (excluding diaryl/α,β-unsaturated/α-hetero) is 1. The van der Waals surface area contributed by atoms with Crippen LogP contribution in [0.1, 0.15) is 27.0 Å². The molecule has 3 heterocycles. The monoisotopic (exact) mass is 727 g/mol. The van der Waals surface area contributed by atoms with Gasteiger partial charge in [-0.3, -0.25) is 14.2 Å². The van der Waals surface area contributed by atoms with Crippen LogP contribution >= 0.6 is 23.5 Å². The van der Waals surface area contributed by atoms with E-state index in [1.807, 2.05) is 0 Å². The van der Waals surface area contributed by atoms with Gasteiger partial charge in [0.05, 0.1) is 28.1 Å². The second kappa shape index (κ2) is 15.4. The Kier molecular flexibility index (Phi) is 11.7. The van der Waals surface area contributed by atoms with Gasteiger partial charge >= 0.3 is 12.4 Å². The van der Waals surface area contributed by atoms with E-state index in [2.05, 4.69) is 15.0 Å². The molecule has 0 amide bonds. The number of carbonyl (C=O) groups is 1. The Morgan fingerprint density at radius 1 is 0.816 bits per heavy atom. The van der Waals surface area contributed by atoms with Gasteiger partial charge in [0.1, 0.15) is 23.8 Å². The lowest BCUT2D eigenvalue weighted by molar-refractivity contribution is -0.106. The minimum atomic E-state index is -4.35. The van der Waals surface area contributed by atoms with E-state index >= 15 is 0 Å². The van der Waals surface area contributed by atoms with Crippen LogP contribution in [0.2, 0.25) is 0 Å². The summed E-state index contributed by atoms with van der Waals surface area (Å²) in [6, 6.07) is 10.8. The zero-order valence-electron chi connectivity index (χ0n) is 25.5. The normalized spacial score (nSPS) is 11.7. The quantitative estimate of drug-likeness (QED) is 0.0973. The Labute approximate surface area is 282 Å². The molecule has 0 radical (unpaired) electrons. The summed E-state index contributed by atoms with van der Waals surface area (Å²) in [6.07, 6.45) is -4.97. The van der Waals surface area contributed by atoms with Crippen LogP contribution in [0, 0.1) is 25.5 Å². The van der Waals surface area contributed by atoms with Crippen LogP contribution in [0.5, 0.6) is 0 Å². The molecular weight excluding hydrogens is 703 g/mol. The van der Waals surface area contributed by atoms with E-state index in [4.69, 9.17) is 5.73 Å². The van der Waals surface area contributed by atoms with Gasteiger partial charge in [-0.05, 0) is 79.1 Å². The number of benzene rings is 2. The molecule has 0 atom stereocenters. The molecule has 0 unspecified atom stereocenters. The molecular formula is C32H25F8N5O2S2. The summed E-state index contributed by atoms with van der Waals surface area (Å²) in [7, 11) is 0. The first kappa shape index (κ1) is 37.3. The lowest BCUT2D eigenvalue weighted by Crippen LogP contribution is -2.20. The predicted octanol–water partition coefficient (Wildman–Crippen LogP) is 8.07. The lowest BCUT2D eigenvalue weighted by Gasteiger charge is -2.13. The molecule has 0 aliphatic rings. The van der Waals surface area contributed by atoms with E-state index in [-0.39, 0.29) is 49.9 Å². The van der Waals surface area contributed by atoms with E-state index in [1.54, 1.807) is 6.07 Å². The number of anilines is 1. The van der Waals surface area contributed by atoms with Crippen molar-refractivity contribution in [2.24, 2.45) is 0 Å². The van der Waals surface area contributed by atoms with Gasteiger partial charge in [0.25, 0.3) is 5.56 Å². The molecule has 0 saturated carbocycles. The highest BCUT2D eigenvalue weighted by Crippen LogP contribution is 2.33. The molecule has 0 aliphatic heterocycles. The van der Waals surface area contributed by atoms with Crippen molar-refractivity contribution in [2.45, 2.75) is 42.4 Å². The van der Waals surface area contributed by atoms with E-state index in [9.17, 15) is 44.7 Å².